The van der Waals surface area contributed by atoms with Crippen LogP contribution in [0, 0.1) is 5.92 Å². The molecule has 0 aliphatic heterocycles. The molecular weight excluding hydrogens is 288 g/mol. The lowest BCUT2D eigenvalue weighted by Gasteiger charge is -2.10. The third-order valence-electron chi connectivity index (χ3n) is 5.35. The van der Waals surface area contributed by atoms with Gasteiger partial charge in [-0.1, -0.05) is 129 Å². The van der Waals surface area contributed by atoms with Crippen LogP contribution in [-0.2, 0) is 0 Å². The van der Waals surface area contributed by atoms with Crippen LogP contribution in [0.2, 0.25) is 0 Å². The molecule has 0 spiro atoms. The van der Waals surface area contributed by atoms with Crippen molar-refractivity contribution in [3.05, 3.63) is 12.2 Å². The van der Waals surface area contributed by atoms with E-state index < -0.39 is 0 Å². The molecule has 0 fully saturated rings. The topological polar surface area (TPSA) is 0 Å². The van der Waals surface area contributed by atoms with Crippen molar-refractivity contribution >= 4 is 0 Å². The van der Waals surface area contributed by atoms with E-state index in [1.54, 1.807) is 0 Å². The maximum absolute atomic E-state index is 2.44. The highest BCUT2D eigenvalue weighted by molar-refractivity contribution is 4.76. The smallest absolute Gasteiger partial charge is 0.0351 e. The van der Waals surface area contributed by atoms with Crippen molar-refractivity contribution in [2.24, 2.45) is 5.92 Å². The van der Waals surface area contributed by atoms with E-state index in [0.717, 1.165) is 5.92 Å². The van der Waals surface area contributed by atoms with Crippen molar-refractivity contribution in [1.29, 1.82) is 0 Å². The number of unbranched alkanes of at least 4 members (excludes halogenated alkanes) is 14. The summed E-state index contributed by atoms with van der Waals surface area (Å²) in [5, 5.41) is 0. The molecule has 0 radical (unpaired) electrons. The first-order chi connectivity index (χ1) is 11.8. The molecule has 1 unspecified atom stereocenters. The molecule has 144 valence electrons. The van der Waals surface area contributed by atoms with Gasteiger partial charge in [-0.15, -0.1) is 0 Å². The second-order valence-corrected chi connectivity index (χ2v) is 7.99. The van der Waals surface area contributed by atoms with Crippen molar-refractivity contribution in [1.82, 2.24) is 0 Å². The predicted octanol–water partition coefficient (Wildman–Crippen LogP) is 9.24. The Morgan fingerprint density at radius 1 is 0.583 bits per heavy atom. The Bertz CT molecular complexity index is 240. The van der Waals surface area contributed by atoms with Crippen molar-refractivity contribution in [2.45, 2.75) is 136 Å². The Labute approximate surface area is 154 Å². The summed E-state index contributed by atoms with van der Waals surface area (Å²) in [4.78, 5) is 0. The van der Waals surface area contributed by atoms with E-state index in [0.29, 0.717) is 0 Å². The fourth-order valence-corrected chi connectivity index (χ4v) is 3.56. The van der Waals surface area contributed by atoms with Crippen LogP contribution in [0.15, 0.2) is 12.2 Å². The van der Waals surface area contributed by atoms with Crippen LogP contribution in [0.4, 0.5) is 0 Å². The van der Waals surface area contributed by atoms with Crippen molar-refractivity contribution in [3.63, 3.8) is 0 Å². The fourth-order valence-electron chi connectivity index (χ4n) is 3.56. The number of hydrogen-bond acceptors (Lipinski definition) is 0. The van der Waals surface area contributed by atoms with Gasteiger partial charge in [0.1, 0.15) is 0 Å². The van der Waals surface area contributed by atoms with Crippen LogP contribution in [0.1, 0.15) is 136 Å². The number of allylic oxidation sites excluding steroid dienone is 2. The summed E-state index contributed by atoms with van der Waals surface area (Å²) in [6, 6.07) is 0. The van der Waals surface area contributed by atoms with Crippen LogP contribution in [0.5, 0.6) is 0 Å². The van der Waals surface area contributed by atoms with Gasteiger partial charge in [0.2, 0.25) is 0 Å². The van der Waals surface area contributed by atoms with Gasteiger partial charge in [0.25, 0.3) is 0 Å². The monoisotopic (exact) mass is 336 g/mol. The summed E-state index contributed by atoms with van der Waals surface area (Å²) in [6.45, 7) is 6.87. The standard InChI is InChI=1S/C24H48/c1-4-6-8-9-10-11-12-13-14-15-16-17-18-19-20-21-23-24(3)22-7-5-2/h4,6,24H,5,7-23H2,1-3H3/b6-4+. The third kappa shape index (κ3) is 19.8. The van der Waals surface area contributed by atoms with Crippen molar-refractivity contribution < 1.29 is 0 Å². The van der Waals surface area contributed by atoms with Gasteiger partial charge in [0, 0.05) is 0 Å². The molecule has 0 aromatic carbocycles. The molecule has 0 rings (SSSR count). The van der Waals surface area contributed by atoms with E-state index >= 15 is 0 Å². The van der Waals surface area contributed by atoms with E-state index in [-0.39, 0.29) is 0 Å². The minimum absolute atomic E-state index is 0.966. The lowest BCUT2D eigenvalue weighted by Crippen LogP contribution is -1.94. The van der Waals surface area contributed by atoms with E-state index in [1.165, 1.54) is 116 Å². The summed E-state index contributed by atoms with van der Waals surface area (Å²) in [5.74, 6) is 0.966. The van der Waals surface area contributed by atoms with Crippen LogP contribution in [0.3, 0.4) is 0 Å². The van der Waals surface area contributed by atoms with Gasteiger partial charge in [0.15, 0.2) is 0 Å². The Hall–Kier alpha value is -0.260. The molecule has 0 amide bonds. The fraction of sp³-hybridized carbons (Fsp3) is 0.917. The minimum atomic E-state index is 0.966. The summed E-state index contributed by atoms with van der Waals surface area (Å²) in [5.41, 5.74) is 0. The van der Waals surface area contributed by atoms with Crippen molar-refractivity contribution in [2.75, 3.05) is 0 Å². The first-order valence-electron chi connectivity index (χ1n) is 11.4. The molecule has 0 aromatic heterocycles. The van der Waals surface area contributed by atoms with Gasteiger partial charge in [-0.3, -0.25) is 0 Å². The zero-order chi connectivity index (χ0) is 17.7. The van der Waals surface area contributed by atoms with Gasteiger partial charge >= 0.3 is 0 Å². The second kappa shape index (κ2) is 20.8. The Kier molecular flexibility index (Phi) is 20.6. The second-order valence-electron chi connectivity index (χ2n) is 7.99. The van der Waals surface area contributed by atoms with Gasteiger partial charge in [-0.2, -0.15) is 0 Å². The molecular formula is C24H48. The summed E-state index contributed by atoms with van der Waals surface area (Å²) < 4.78 is 0. The molecule has 0 heterocycles. The Morgan fingerprint density at radius 2 is 1.00 bits per heavy atom. The maximum Gasteiger partial charge on any atom is -0.0351 e. The predicted molar refractivity (Wildman–Crippen MR) is 113 cm³/mol. The Balaban J connectivity index is 3.05. The summed E-state index contributed by atoms with van der Waals surface area (Å²) >= 11 is 0. The normalized spacial score (nSPS) is 13.0. The Morgan fingerprint density at radius 3 is 1.46 bits per heavy atom. The van der Waals surface area contributed by atoms with E-state index in [4.69, 9.17) is 0 Å². The van der Waals surface area contributed by atoms with Gasteiger partial charge in [-0.25, -0.2) is 0 Å². The third-order valence-corrected chi connectivity index (χ3v) is 5.35. The van der Waals surface area contributed by atoms with Crippen LogP contribution < -0.4 is 0 Å². The zero-order valence-electron chi connectivity index (χ0n) is 17.5. The molecule has 0 aliphatic rings. The molecule has 0 bridgehead atoms. The molecule has 0 aromatic rings. The first-order valence-corrected chi connectivity index (χ1v) is 11.4. The SMILES string of the molecule is C/C=C/CCCCCCCCCCCCCCCC(C)CCCC. The minimum Gasteiger partial charge on any atom is -0.0917 e. The molecule has 0 N–H and O–H groups in total. The quantitative estimate of drug-likeness (QED) is 0.163. The van der Waals surface area contributed by atoms with E-state index in [2.05, 4.69) is 32.9 Å². The molecule has 0 aliphatic carbocycles. The van der Waals surface area contributed by atoms with E-state index in [1.807, 2.05) is 0 Å². The lowest BCUT2D eigenvalue weighted by atomic mass is 9.97. The maximum atomic E-state index is 2.44. The number of hydrogen-bond donors (Lipinski definition) is 0. The average molecular weight is 337 g/mol. The molecule has 24 heavy (non-hydrogen) atoms. The van der Waals surface area contributed by atoms with Crippen LogP contribution in [-0.4, -0.2) is 0 Å². The molecule has 0 saturated carbocycles. The molecule has 0 nitrogen and oxygen atoms in total. The summed E-state index contributed by atoms with van der Waals surface area (Å²) in [6.07, 6.45) is 30.5. The molecule has 0 saturated heterocycles. The lowest BCUT2D eigenvalue weighted by molar-refractivity contribution is 0.440. The molecule has 1 atom stereocenters. The largest absolute Gasteiger partial charge is 0.0917 e. The first kappa shape index (κ1) is 23.7. The zero-order valence-corrected chi connectivity index (χ0v) is 17.5. The highest BCUT2D eigenvalue weighted by atomic mass is 14.1. The summed E-state index contributed by atoms with van der Waals surface area (Å²) in [7, 11) is 0. The molecule has 0 heteroatoms. The highest BCUT2D eigenvalue weighted by Crippen LogP contribution is 2.17. The van der Waals surface area contributed by atoms with Crippen molar-refractivity contribution in [3.8, 4) is 0 Å². The highest BCUT2D eigenvalue weighted by Gasteiger charge is 2.01. The van der Waals surface area contributed by atoms with Crippen LogP contribution >= 0.6 is 0 Å². The van der Waals surface area contributed by atoms with Gasteiger partial charge < -0.3 is 0 Å². The van der Waals surface area contributed by atoms with Gasteiger partial charge in [-0.05, 0) is 25.7 Å². The average Bonchev–Trinajstić information content (AvgIpc) is 2.59. The van der Waals surface area contributed by atoms with Gasteiger partial charge in [0.05, 0.1) is 0 Å². The number of rotatable bonds is 19. The van der Waals surface area contributed by atoms with E-state index in [9.17, 15) is 0 Å². The van der Waals surface area contributed by atoms with Crippen LogP contribution in [0.25, 0.3) is 0 Å².